The number of nitrogens with one attached hydrogen (secondary N) is 1. The van der Waals surface area contributed by atoms with Gasteiger partial charge in [-0.2, -0.15) is 0 Å². The van der Waals surface area contributed by atoms with Gasteiger partial charge in [-0.25, -0.2) is 13.2 Å². The van der Waals surface area contributed by atoms with Gasteiger partial charge in [0.2, 0.25) is 0 Å². The molecule has 0 aliphatic rings. The highest BCUT2D eigenvalue weighted by Crippen LogP contribution is 2.34. The summed E-state index contributed by atoms with van der Waals surface area (Å²) in [5.41, 5.74) is 1.88. The van der Waals surface area contributed by atoms with Crippen LogP contribution in [0.5, 0.6) is 0 Å². The van der Waals surface area contributed by atoms with E-state index in [4.69, 9.17) is 0 Å². The predicted octanol–water partition coefficient (Wildman–Crippen LogP) is 5.38. The number of fused-ring (bicyclic) bond motifs is 1. The molecule has 0 aliphatic heterocycles. The van der Waals surface area contributed by atoms with Crippen LogP contribution in [0.15, 0.2) is 77.7 Å². The maximum absolute atomic E-state index is 12.7. The van der Waals surface area contributed by atoms with Crippen molar-refractivity contribution < 1.29 is 18.3 Å². The molecule has 0 atom stereocenters. The summed E-state index contributed by atoms with van der Waals surface area (Å²) in [7, 11) is -3.89. The summed E-state index contributed by atoms with van der Waals surface area (Å²) in [5.74, 6) is -1.16. The average molecular weight is 424 g/mol. The number of carboxylic acids is 1. The molecule has 0 fully saturated rings. The average Bonchev–Trinajstić information content (AvgIpc) is 3.12. The molecule has 0 unspecified atom stereocenters. The van der Waals surface area contributed by atoms with E-state index >= 15 is 0 Å². The maximum Gasteiger partial charge on any atom is 0.335 e. The first-order valence-electron chi connectivity index (χ1n) is 8.79. The predicted molar refractivity (Wildman–Crippen MR) is 116 cm³/mol. The van der Waals surface area contributed by atoms with Gasteiger partial charge in [0.15, 0.2) is 0 Å². The normalized spacial score (nSPS) is 11.5. The first-order chi connectivity index (χ1) is 13.8. The molecule has 0 radical (unpaired) electrons. The molecule has 0 saturated carbocycles. The standard InChI is InChI=1S/C22H17NO4S2/c1-14-6-11-18(13-19(14)22(24)25)29(26,27)23-17-9-7-15(8-10-17)21-12-16-4-2-3-5-20(16)28-21/h2-13,23H,1H3,(H,24,25). The number of benzene rings is 3. The van der Waals surface area contributed by atoms with Crippen LogP contribution >= 0.6 is 11.3 Å². The Labute approximate surface area is 172 Å². The van der Waals surface area contributed by atoms with E-state index in [0.717, 1.165) is 10.4 Å². The zero-order chi connectivity index (χ0) is 20.6. The number of carbonyl (C=O) groups is 1. The molecule has 0 bridgehead atoms. The van der Waals surface area contributed by atoms with E-state index in [2.05, 4.69) is 22.9 Å². The van der Waals surface area contributed by atoms with E-state index < -0.39 is 16.0 Å². The number of anilines is 1. The van der Waals surface area contributed by atoms with Crippen molar-refractivity contribution in [3.8, 4) is 10.4 Å². The van der Waals surface area contributed by atoms with Gasteiger partial charge in [0.25, 0.3) is 10.0 Å². The lowest BCUT2D eigenvalue weighted by molar-refractivity contribution is 0.0696. The summed E-state index contributed by atoms with van der Waals surface area (Å²) in [4.78, 5) is 12.3. The summed E-state index contributed by atoms with van der Waals surface area (Å²) >= 11 is 1.68. The Morgan fingerprint density at radius 1 is 0.966 bits per heavy atom. The number of carboxylic acid groups (broad SMARTS) is 1. The molecule has 1 aromatic heterocycles. The van der Waals surface area contributed by atoms with Gasteiger partial charge < -0.3 is 5.11 Å². The maximum atomic E-state index is 12.7. The van der Waals surface area contributed by atoms with Crippen molar-refractivity contribution in [1.82, 2.24) is 0 Å². The Hall–Kier alpha value is -3.16. The second-order valence-electron chi connectivity index (χ2n) is 6.61. The van der Waals surface area contributed by atoms with Crippen molar-refractivity contribution in [2.45, 2.75) is 11.8 Å². The summed E-state index contributed by atoms with van der Waals surface area (Å²) in [6, 6.07) is 21.4. The number of rotatable bonds is 5. The number of hydrogen-bond donors (Lipinski definition) is 2. The third-order valence-electron chi connectivity index (χ3n) is 4.60. The lowest BCUT2D eigenvalue weighted by Gasteiger charge is -2.10. The molecule has 0 spiro atoms. The van der Waals surface area contributed by atoms with Gasteiger partial charge in [-0.05, 0) is 59.8 Å². The number of aromatic carboxylic acids is 1. The van der Waals surface area contributed by atoms with Crippen molar-refractivity contribution in [1.29, 1.82) is 0 Å². The van der Waals surface area contributed by atoms with Gasteiger partial charge in [0, 0.05) is 15.3 Å². The zero-order valence-corrected chi connectivity index (χ0v) is 17.0. The highest BCUT2D eigenvalue weighted by Gasteiger charge is 2.18. The summed E-state index contributed by atoms with van der Waals surface area (Å²) in [5, 5.41) is 10.4. The second kappa shape index (κ2) is 7.35. The molecular weight excluding hydrogens is 406 g/mol. The largest absolute Gasteiger partial charge is 0.478 e. The second-order valence-corrected chi connectivity index (χ2v) is 9.38. The molecular formula is C22H17NO4S2. The van der Waals surface area contributed by atoms with Gasteiger partial charge >= 0.3 is 5.97 Å². The summed E-state index contributed by atoms with van der Waals surface area (Å²) in [6.07, 6.45) is 0. The molecule has 29 heavy (non-hydrogen) atoms. The van der Waals surface area contributed by atoms with E-state index in [0.29, 0.717) is 11.3 Å². The zero-order valence-electron chi connectivity index (χ0n) is 15.4. The minimum Gasteiger partial charge on any atom is -0.478 e. The topological polar surface area (TPSA) is 83.5 Å². The van der Waals surface area contributed by atoms with Gasteiger partial charge in [-0.3, -0.25) is 4.72 Å². The molecule has 146 valence electrons. The third-order valence-corrected chi connectivity index (χ3v) is 7.14. The fourth-order valence-electron chi connectivity index (χ4n) is 3.04. The van der Waals surface area contributed by atoms with Crippen LogP contribution in [-0.4, -0.2) is 19.5 Å². The molecule has 7 heteroatoms. The summed E-state index contributed by atoms with van der Waals surface area (Å²) < 4.78 is 29.0. The van der Waals surface area contributed by atoms with Crippen LogP contribution in [0, 0.1) is 6.92 Å². The van der Waals surface area contributed by atoms with Gasteiger partial charge in [-0.15, -0.1) is 11.3 Å². The van der Waals surface area contributed by atoms with E-state index in [1.54, 1.807) is 30.4 Å². The molecule has 2 N–H and O–H groups in total. The first-order valence-corrected chi connectivity index (χ1v) is 11.1. The van der Waals surface area contributed by atoms with E-state index in [1.807, 2.05) is 24.3 Å². The Kier molecular flexibility index (Phi) is 4.86. The fourth-order valence-corrected chi connectivity index (χ4v) is 5.19. The molecule has 0 saturated heterocycles. The van der Waals surface area contributed by atoms with E-state index in [9.17, 15) is 18.3 Å². The molecule has 0 aliphatic carbocycles. The van der Waals surface area contributed by atoms with Crippen molar-refractivity contribution in [3.05, 3.63) is 83.9 Å². The lowest BCUT2D eigenvalue weighted by Crippen LogP contribution is -2.14. The fraction of sp³-hybridized carbons (Fsp3) is 0.0455. The van der Waals surface area contributed by atoms with Crippen LogP contribution in [0.25, 0.3) is 20.5 Å². The van der Waals surface area contributed by atoms with Gasteiger partial charge in [0.1, 0.15) is 0 Å². The van der Waals surface area contributed by atoms with Crippen LogP contribution in [0.3, 0.4) is 0 Å². The van der Waals surface area contributed by atoms with E-state index in [-0.39, 0.29) is 10.5 Å². The van der Waals surface area contributed by atoms with Gasteiger partial charge in [-0.1, -0.05) is 36.4 Å². The van der Waals surface area contributed by atoms with Crippen molar-refractivity contribution in [2.75, 3.05) is 4.72 Å². The Morgan fingerprint density at radius 3 is 2.38 bits per heavy atom. The molecule has 0 amide bonds. The van der Waals surface area contributed by atoms with Crippen molar-refractivity contribution in [3.63, 3.8) is 0 Å². The SMILES string of the molecule is Cc1ccc(S(=O)(=O)Nc2ccc(-c3cc4ccccc4s3)cc2)cc1C(=O)O. The van der Waals surface area contributed by atoms with Crippen LogP contribution in [0.1, 0.15) is 15.9 Å². The molecule has 3 aromatic carbocycles. The molecule has 4 aromatic rings. The molecule has 1 heterocycles. The smallest absolute Gasteiger partial charge is 0.335 e. The van der Waals surface area contributed by atoms with Crippen LogP contribution in [0.4, 0.5) is 5.69 Å². The number of thiophene rings is 1. The van der Waals surface area contributed by atoms with Crippen molar-refractivity contribution in [2.24, 2.45) is 0 Å². The minimum atomic E-state index is -3.89. The lowest BCUT2D eigenvalue weighted by atomic mass is 10.1. The quantitative estimate of drug-likeness (QED) is 0.452. The van der Waals surface area contributed by atoms with Gasteiger partial charge in [0.05, 0.1) is 10.5 Å². The number of sulfonamides is 1. The molecule has 4 rings (SSSR count). The Balaban J connectivity index is 1.59. The Morgan fingerprint density at radius 2 is 1.69 bits per heavy atom. The number of aryl methyl sites for hydroxylation is 1. The molecule has 5 nitrogen and oxygen atoms in total. The van der Waals surface area contributed by atoms with Crippen LogP contribution in [-0.2, 0) is 10.0 Å². The highest BCUT2D eigenvalue weighted by atomic mass is 32.2. The number of hydrogen-bond acceptors (Lipinski definition) is 4. The van der Waals surface area contributed by atoms with Crippen LogP contribution in [0.2, 0.25) is 0 Å². The van der Waals surface area contributed by atoms with Crippen LogP contribution < -0.4 is 4.72 Å². The third kappa shape index (κ3) is 3.87. The first kappa shape index (κ1) is 19.2. The highest BCUT2D eigenvalue weighted by molar-refractivity contribution is 7.92. The summed E-state index contributed by atoms with van der Waals surface area (Å²) in [6.45, 7) is 1.63. The van der Waals surface area contributed by atoms with E-state index in [1.165, 1.54) is 28.3 Å². The Bertz CT molecular complexity index is 1290. The minimum absolute atomic E-state index is 0.0343. The monoisotopic (exact) mass is 423 g/mol. The van der Waals surface area contributed by atoms with Crippen molar-refractivity contribution >= 4 is 43.1 Å².